The van der Waals surface area contributed by atoms with Crippen LogP contribution in [0.1, 0.15) is 43.7 Å². The minimum absolute atomic E-state index is 0.645. The monoisotopic (exact) mass is 367 g/mol. The molecule has 6 heteroatoms. The maximum absolute atomic E-state index is 4.49. The lowest BCUT2D eigenvalue weighted by molar-refractivity contribution is 0.250. The van der Waals surface area contributed by atoms with E-state index in [9.17, 15) is 0 Å². The van der Waals surface area contributed by atoms with Crippen molar-refractivity contribution in [3.05, 3.63) is 52.7 Å². The molecular formula is C20H25N5S. The number of aryl methyl sites for hydroxylation is 1. The highest BCUT2D eigenvalue weighted by molar-refractivity contribution is 7.07. The SMILES string of the molecule is c1ccc(-c2nnn(CCCCCN3CCCC3c3ccsc3)n2)cc1. The van der Waals surface area contributed by atoms with Crippen molar-refractivity contribution in [2.75, 3.05) is 13.1 Å². The van der Waals surface area contributed by atoms with Gasteiger partial charge in [-0.05, 0) is 66.4 Å². The number of benzene rings is 1. The third-order valence-corrected chi connectivity index (χ3v) is 5.78. The van der Waals surface area contributed by atoms with E-state index in [0.29, 0.717) is 11.9 Å². The van der Waals surface area contributed by atoms with Crippen LogP contribution in [0.4, 0.5) is 0 Å². The van der Waals surface area contributed by atoms with Crippen molar-refractivity contribution >= 4 is 11.3 Å². The molecule has 0 N–H and O–H groups in total. The fraction of sp³-hybridized carbons (Fsp3) is 0.450. The Morgan fingerprint density at radius 1 is 1.04 bits per heavy atom. The van der Waals surface area contributed by atoms with Gasteiger partial charge in [0.15, 0.2) is 0 Å². The van der Waals surface area contributed by atoms with Crippen LogP contribution in [0.15, 0.2) is 47.2 Å². The van der Waals surface area contributed by atoms with Crippen LogP contribution in [-0.4, -0.2) is 38.2 Å². The van der Waals surface area contributed by atoms with E-state index >= 15 is 0 Å². The second kappa shape index (κ2) is 8.56. The van der Waals surface area contributed by atoms with Crippen molar-refractivity contribution in [3.8, 4) is 11.4 Å². The molecule has 26 heavy (non-hydrogen) atoms. The smallest absolute Gasteiger partial charge is 0.204 e. The lowest BCUT2D eigenvalue weighted by Crippen LogP contribution is -2.24. The fourth-order valence-electron chi connectivity index (χ4n) is 3.72. The Hall–Kier alpha value is -2.05. The zero-order valence-corrected chi connectivity index (χ0v) is 15.8. The molecule has 1 fully saturated rings. The molecule has 3 heterocycles. The Morgan fingerprint density at radius 3 is 2.77 bits per heavy atom. The molecule has 1 unspecified atom stereocenters. The highest BCUT2D eigenvalue weighted by atomic mass is 32.1. The van der Waals surface area contributed by atoms with Crippen LogP contribution in [0.2, 0.25) is 0 Å². The second-order valence-corrected chi connectivity index (χ2v) is 7.67. The average Bonchev–Trinajstić information content (AvgIpc) is 3.43. The molecular weight excluding hydrogens is 342 g/mol. The Balaban J connectivity index is 1.20. The Labute approximate surface area is 158 Å². The number of rotatable bonds is 8. The molecule has 0 spiro atoms. The summed E-state index contributed by atoms with van der Waals surface area (Å²) < 4.78 is 0. The van der Waals surface area contributed by atoms with Gasteiger partial charge in [0.05, 0.1) is 6.54 Å². The van der Waals surface area contributed by atoms with Crippen molar-refractivity contribution in [2.24, 2.45) is 0 Å². The minimum atomic E-state index is 0.645. The van der Waals surface area contributed by atoms with Gasteiger partial charge in [-0.2, -0.15) is 16.1 Å². The van der Waals surface area contributed by atoms with Gasteiger partial charge in [-0.1, -0.05) is 36.8 Å². The van der Waals surface area contributed by atoms with Crippen LogP contribution in [0.5, 0.6) is 0 Å². The third kappa shape index (κ3) is 4.19. The van der Waals surface area contributed by atoms with Crippen molar-refractivity contribution in [1.82, 2.24) is 25.1 Å². The molecule has 1 aliphatic heterocycles. The number of unbranched alkanes of at least 4 members (excludes halogenated alkanes) is 2. The quantitative estimate of drug-likeness (QED) is 0.553. The highest BCUT2D eigenvalue weighted by Crippen LogP contribution is 2.33. The summed E-state index contributed by atoms with van der Waals surface area (Å²) in [5.41, 5.74) is 2.53. The molecule has 0 radical (unpaired) electrons. The van der Waals surface area contributed by atoms with Crippen LogP contribution < -0.4 is 0 Å². The molecule has 0 amide bonds. The van der Waals surface area contributed by atoms with E-state index in [4.69, 9.17) is 0 Å². The van der Waals surface area contributed by atoms with E-state index in [1.165, 1.54) is 44.3 Å². The predicted octanol–water partition coefficient (Wildman–Crippen LogP) is 4.41. The van der Waals surface area contributed by atoms with Gasteiger partial charge >= 0.3 is 0 Å². The van der Waals surface area contributed by atoms with E-state index in [1.54, 1.807) is 4.80 Å². The van der Waals surface area contributed by atoms with E-state index in [1.807, 2.05) is 41.7 Å². The summed E-state index contributed by atoms with van der Waals surface area (Å²) in [5, 5.41) is 17.3. The zero-order chi connectivity index (χ0) is 17.6. The first kappa shape index (κ1) is 17.4. The van der Waals surface area contributed by atoms with Crippen LogP contribution >= 0.6 is 11.3 Å². The molecule has 1 aromatic carbocycles. The van der Waals surface area contributed by atoms with Crippen LogP contribution in [0.3, 0.4) is 0 Å². The summed E-state index contributed by atoms with van der Waals surface area (Å²) in [5.74, 6) is 0.710. The Morgan fingerprint density at radius 2 is 1.92 bits per heavy atom. The zero-order valence-electron chi connectivity index (χ0n) is 15.0. The van der Waals surface area contributed by atoms with Crippen LogP contribution in [-0.2, 0) is 6.54 Å². The van der Waals surface area contributed by atoms with Crippen LogP contribution in [0, 0.1) is 0 Å². The molecule has 136 valence electrons. The predicted molar refractivity (Wildman–Crippen MR) is 105 cm³/mol. The standard InChI is InChI=1S/C20H25N5S/c1-3-8-17(9-4-1)20-21-23-25(22-20)14-6-2-5-12-24-13-7-10-19(24)18-11-15-26-16-18/h1,3-4,8-9,11,15-16,19H,2,5-7,10,12-14H2. The summed E-state index contributed by atoms with van der Waals surface area (Å²) >= 11 is 1.81. The Bertz CT molecular complexity index is 784. The topological polar surface area (TPSA) is 46.8 Å². The number of aromatic nitrogens is 4. The first-order valence-corrected chi connectivity index (χ1v) is 10.4. The summed E-state index contributed by atoms with van der Waals surface area (Å²) in [6.07, 6.45) is 6.17. The van der Waals surface area contributed by atoms with E-state index in [-0.39, 0.29) is 0 Å². The van der Waals surface area contributed by atoms with E-state index in [0.717, 1.165) is 18.5 Å². The largest absolute Gasteiger partial charge is 0.296 e. The molecule has 2 aromatic heterocycles. The Kier molecular flexibility index (Phi) is 5.72. The van der Waals surface area contributed by atoms with Gasteiger partial charge in [-0.25, -0.2) is 0 Å². The van der Waals surface area contributed by atoms with Gasteiger partial charge in [0.2, 0.25) is 5.82 Å². The van der Waals surface area contributed by atoms with Crippen molar-refractivity contribution in [3.63, 3.8) is 0 Å². The maximum Gasteiger partial charge on any atom is 0.204 e. The number of likely N-dealkylation sites (tertiary alicyclic amines) is 1. The molecule has 0 bridgehead atoms. The van der Waals surface area contributed by atoms with Crippen molar-refractivity contribution in [1.29, 1.82) is 0 Å². The van der Waals surface area contributed by atoms with E-state index < -0.39 is 0 Å². The molecule has 1 saturated heterocycles. The highest BCUT2D eigenvalue weighted by Gasteiger charge is 2.25. The molecule has 5 nitrogen and oxygen atoms in total. The first-order chi connectivity index (χ1) is 12.9. The van der Waals surface area contributed by atoms with Gasteiger partial charge in [0.1, 0.15) is 0 Å². The second-order valence-electron chi connectivity index (χ2n) is 6.89. The summed E-state index contributed by atoms with van der Waals surface area (Å²) in [6, 6.07) is 13.0. The lowest BCUT2D eigenvalue weighted by Gasteiger charge is -2.23. The summed E-state index contributed by atoms with van der Waals surface area (Å²) in [6.45, 7) is 3.28. The number of hydrogen-bond donors (Lipinski definition) is 0. The summed E-state index contributed by atoms with van der Waals surface area (Å²) in [7, 11) is 0. The van der Waals surface area contributed by atoms with Gasteiger partial charge < -0.3 is 0 Å². The molecule has 3 aromatic rings. The minimum Gasteiger partial charge on any atom is -0.296 e. The van der Waals surface area contributed by atoms with Crippen molar-refractivity contribution in [2.45, 2.75) is 44.7 Å². The van der Waals surface area contributed by atoms with Gasteiger partial charge in [0, 0.05) is 11.6 Å². The molecule has 1 atom stereocenters. The number of nitrogens with zero attached hydrogens (tertiary/aromatic N) is 5. The number of hydrogen-bond acceptors (Lipinski definition) is 5. The molecule has 1 aliphatic rings. The van der Waals surface area contributed by atoms with Crippen molar-refractivity contribution < 1.29 is 0 Å². The fourth-order valence-corrected chi connectivity index (χ4v) is 4.43. The molecule has 0 aliphatic carbocycles. The molecule has 0 saturated carbocycles. The van der Waals surface area contributed by atoms with Gasteiger partial charge in [0.25, 0.3) is 0 Å². The molecule has 4 rings (SSSR count). The average molecular weight is 368 g/mol. The number of thiophene rings is 1. The van der Waals surface area contributed by atoms with Crippen LogP contribution in [0.25, 0.3) is 11.4 Å². The maximum atomic E-state index is 4.49. The lowest BCUT2D eigenvalue weighted by atomic mass is 10.1. The van der Waals surface area contributed by atoms with E-state index in [2.05, 4.69) is 37.1 Å². The third-order valence-electron chi connectivity index (χ3n) is 5.08. The first-order valence-electron chi connectivity index (χ1n) is 9.49. The normalized spacial score (nSPS) is 17.8. The number of tetrazole rings is 1. The van der Waals surface area contributed by atoms with Gasteiger partial charge in [-0.3, -0.25) is 4.90 Å². The van der Waals surface area contributed by atoms with Gasteiger partial charge in [-0.15, -0.1) is 10.2 Å². The summed E-state index contributed by atoms with van der Waals surface area (Å²) in [4.78, 5) is 4.38.